The van der Waals surface area contributed by atoms with Crippen molar-refractivity contribution < 1.29 is 5.11 Å². The van der Waals surface area contributed by atoms with E-state index < -0.39 is 0 Å². The molecule has 80 valence electrons. The summed E-state index contributed by atoms with van der Waals surface area (Å²) < 4.78 is 1.62. The molecule has 2 heterocycles. The van der Waals surface area contributed by atoms with Crippen molar-refractivity contribution in [3.05, 3.63) is 36.3 Å². The molecule has 2 aromatic heterocycles. The van der Waals surface area contributed by atoms with Gasteiger partial charge in [0.15, 0.2) is 0 Å². The molecule has 16 heavy (non-hydrogen) atoms. The van der Waals surface area contributed by atoms with Gasteiger partial charge in [-0.25, -0.2) is 0 Å². The predicted octanol–water partition coefficient (Wildman–Crippen LogP) is 1.07. The highest BCUT2D eigenvalue weighted by Gasteiger charge is 2.07. The molecule has 1 N–H and O–H groups in total. The van der Waals surface area contributed by atoms with Crippen LogP contribution in [0.4, 0.5) is 0 Å². The molecule has 0 fully saturated rings. The topological polar surface area (TPSA) is 50.9 Å². The van der Waals surface area contributed by atoms with E-state index in [2.05, 4.69) is 16.0 Å². The fourth-order valence-electron chi connectivity index (χ4n) is 1.47. The molecule has 2 rings (SSSR count). The molecule has 0 saturated heterocycles. The molecular formula is C12H11N3O. The maximum absolute atomic E-state index is 9.16. The van der Waals surface area contributed by atoms with Crippen LogP contribution in [0, 0.1) is 12.3 Å². The second kappa shape index (κ2) is 4.60. The van der Waals surface area contributed by atoms with Crippen LogP contribution in [-0.2, 0) is 13.2 Å². The number of nitrogens with zero attached hydrogens (tertiary/aromatic N) is 3. The molecule has 0 aliphatic carbocycles. The second-order valence-electron chi connectivity index (χ2n) is 3.28. The summed E-state index contributed by atoms with van der Waals surface area (Å²) in [6.45, 7) is 0.292. The molecule has 4 nitrogen and oxygen atoms in total. The molecule has 0 aliphatic rings. The zero-order valence-corrected chi connectivity index (χ0v) is 8.67. The van der Waals surface area contributed by atoms with Gasteiger partial charge in [-0.05, 0) is 18.2 Å². The van der Waals surface area contributed by atoms with E-state index in [1.165, 1.54) is 0 Å². The molecule has 0 bridgehead atoms. The van der Waals surface area contributed by atoms with E-state index >= 15 is 0 Å². The van der Waals surface area contributed by atoms with E-state index in [0.29, 0.717) is 12.2 Å². The summed E-state index contributed by atoms with van der Waals surface area (Å²) in [7, 11) is 0. The van der Waals surface area contributed by atoms with Crippen LogP contribution < -0.4 is 0 Å². The number of aliphatic hydroxyl groups excluding tert-OH is 1. The minimum atomic E-state index is -0.0697. The van der Waals surface area contributed by atoms with Crippen molar-refractivity contribution in [3.63, 3.8) is 0 Å². The Bertz CT molecular complexity index is 511. The van der Waals surface area contributed by atoms with Crippen molar-refractivity contribution >= 4 is 0 Å². The molecule has 0 unspecified atom stereocenters. The smallest absolute Gasteiger partial charge is 0.102 e. The number of terminal acetylenes is 1. The molecule has 4 heteroatoms. The molecule has 0 atom stereocenters. The lowest BCUT2D eigenvalue weighted by molar-refractivity contribution is 0.269. The zero-order valence-electron chi connectivity index (χ0n) is 8.67. The number of hydrogen-bond acceptors (Lipinski definition) is 3. The van der Waals surface area contributed by atoms with Crippen LogP contribution in [0.3, 0.4) is 0 Å². The first-order valence-corrected chi connectivity index (χ1v) is 4.86. The lowest BCUT2D eigenvalue weighted by Crippen LogP contribution is -2.03. The third-order valence-corrected chi connectivity index (χ3v) is 2.24. The first-order chi connectivity index (χ1) is 7.85. The Morgan fingerprint density at radius 1 is 1.38 bits per heavy atom. The summed E-state index contributed by atoms with van der Waals surface area (Å²) in [4.78, 5) is 3.94. The molecule has 0 saturated carbocycles. The van der Waals surface area contributed by atoms with Gasteiger partial charge in [0.05, 0.1) is 18.0 Å². The molecule has 0 amide bonds. The van der Waals surface area contributed by atoms with Crippen molar-refractivity contribution in [1.29, 1.82) is 0 Å². The molecule has 0 aliphatic heterocycles. The highest BCUT2D eigenvalue weighted by atomic mass is 16.3. The Labute approximate surface area is 93.6 Å². The third-order valence-electron chi connectivity index (χ3n) is 2.24. The average Bonchev–Trinajstić information content (AvgIpc) is 2.74. The Morgan fingerprint density at radius 3 is 2.75 bits per heavy atom. The van der Waals surface area contributed by atoms with Crippen LogP contribution in [0.25, 0.3) is 11.3 Å². The first kappa shape index (κ1) is 10.4. The van der Waals surface area contributed by atoms with Crippen molar-refractivity contribution in [3.8, 4) is 23.6 Å². The van der Waals surface area contributed by atoms with E-state index in [4.69, 9.17) is 11.5 Å². The van der Waals surface area contributed by atoms with Gasteiger partial charge in [0.1, 0.15) is 6.54 Å². The molecule has 2 aromatic rings. The lowest BCUT2D eigenvalue weighted by Gasteiger charge is -1.98. The summed E-state index contributed by atoms with van der Waals surface area (Å²) in [6.07, 6.45) is 8.63. The molecule has 0 aromatic carbocycles. The van der Waals surface area contributed by atoms with Crippen molar-refractivity contribution in [2.24, 2.45) is 0 Å². The Hall–Kier alpha value is -2.12. The van der Waals surface area contributed by atoms with E-state index in [9.17, 15) is 0 Å². The number of aromatic nitrogens is 3. The number of hydrogen-bond donors (Lipinski definition) is 1. The standard InChI is InChI=1S/C12H11N3O/c1-2-7-15-11(9-16)8-12(14-15)10-3-5-13-6-4-10/h1,3-6,8,16H,7,9H2. The Balaban J connectivity index is 2.41. The van der Waals surface area contributed by atoms with Crippen molar-refractivity contribution in [2.45, 2.75) is 13.2 Å². The van der Waals surface area contributed by atoms with Crippen LogP contribution in [-0.4, -0.2) is 19.9 Å². The minimum Gasteiger partial charge on any atom is -0.390 e. The quantitative estimate of drug-likeness (QED) is 0.776. The van der Waals surface area contributed by atoms with Gasteiger partial charge in [0.2, 0.25) is 0 Å². The maximum atomic E-state index is 9.16. The summed E-state index contributed by atoms with van der Waals surface area (Å²) in [5.41, 5.74) is 2.46. The van der Waals surface area contributed by atoms with Crippen molar-refractivity contribution in [1.82, 2.24) is 14.8 Å². The van der Waals surface area contributed by atoms with Gasteiger partial charge in [-0.2, -0.15) is 5.10 Å². The number of pyridine rings is 1. The van der Waals surface area contributed by atoms with Crippen LogP contribution in [0.2, 0.25) is 0 Å². The highest BCUT2D eigenvalue weighted by molar-refractivity contribution is 5.58. The Kier molecular flexibility index (Phi) is 2.99. The van der Waals surface area contributed by atoms with Crippen molar-refractivity contribution in [2.75, 3.05) is 0 Å². The van der Waals surface area contributed by atoms with Gasteiger partial charge in [0.25, 0.3) is 0 Å². The zero-order chi connectivity index (χ0) is 11.4. The van der Waals surface area contributed by atoms with Gasteiger partial charge in [-0.1, -0.05) is 5.92 Å². The van der Waals surface area contributed by atoms with E-state index in [1.54, 1.807) is 17.1 Å². The summed E-state index contributed by atoms with van der Waals surface area (Å²) in [6, 6.07) is 5.56. The van der Waals surface area contributed by atoms with Crippen LogP contribution in [0.15, 0.2) is 30.6 Å². The monoisotopic (exact) mass is 213 g/mol. The van der Waals surface area contributed by atoms with E-state index in [1.807, 2.05) is 18.2 Å². The van der Waals surface area contributed by atoms with Crippen LogP contribution >= 0.6 is 0 Å². The molecular weight excluding hydrogens is 202 g/mol. The highest BCUT2D eigenvalue weighted by Crippen LogP contribution is 2.18. The fraction of sp³-hybridized carbons (Fsp3) is 0.167. The largest absolute Gasteiger partial charge is 0.390 e. The Morgan fingerprint density at radius 2 is 2.12 bits per heavy atom. The van der Waals surface area contributed by atoms with Crippen LogP contribution in [0.5, 0.6) is 0 Å². The SMILES string of the molecule is C#CCn1nc(-c2ccncc2)cc1CO. The number of aliphatic hydroxyl groups is 1. The third kappa shape index (κ3) is 1.95. The van der Waals surface area contributed by atoms with Gasteiger partial charge >= 0.3 is 0 Å². The molecule has 0 spiro atoms. The first-order valence-electron chi connectivity index (χ1n) is 4.86. The normalized spacial score (nSPS) is 10.0. The summed E-state index contributed by atoms with van der Waals surface area (Å²) >= 11 is 0. The molecule has 0 radical (unpaired) electrons. The van der Waals surface area contributed by atoms with Gasteiger partial charge in [-0.15, -0.1) is 6.42 Å². The van der Waals surface area contributed by atoms with Gasteiger partial charge < -0.3 is 5.11 Å². The lowest BCUT2D eigenvalue weighted by atomic mass is 10.2. The summed E-state index contributed by atoms with van der Waals surface area (Å²) in [5, 5.41) is 13.5. The summed E-state index contributed by atoms with van der Waals surface area (Å²) in [5.74, 6) is 2.50. The number of rotatable bonds is 3. The fourth-order valence-corrected chi connectivity index (χ4v) is 1.47. The van der Waals surface area contributed by atoms with E-state index in [-0.39, 0.29) is 6.61 Å². The maximum Gasteiger partial charge on any atom is 0.102 e. The second-order valence-corrected chi connectivity index (χ2v) is 3.28. The van der Waals surface area contributed by atoms with Gasteiger partial charge in [-0.3, -0.25) is 9.67 Å². The average molecular weight is 213 g/mol. The van der Waals surface area contributed by atoms with E-state index in [0.717, 1.165) is 11.3 Å². The van der Waals surface area contributed by atoms with Gasteiger partial charge in [0, 0.05) is 18.0 Å². The predicted molar refractivity (Wildman–Crippen MR) is 60.2 cm³/mol. The van der Waals surface area contributed by atoms with Crippen LogP contribution in [0.1, 0.15) is 5.69 Å². The minimum absolute atomic E-state index is 0.0697.